The number of sulfonamides is 1. The Hall–Kier alpha value is -3.04. The Morgan fingerprint density at radius 2 is 1.53 bits per heavy atom. The summed E-state index contributed by atoms with van der Waals surface area (Å²) < 4.78 is 45.2. The molecule has 4 rings (SSSR count). The van der Waals surface area contributed by atoms with Crippen LogP contribution in [0.1, 0.15) is 12.5 Å². The third kappa shape index (κ3) is 4.18. The van der Waals surface area contributed by atoms with Crippen LogP contribution in [0, 0.1) is 5.82 Å². The fraction of sp³-hybridized carbons (Fsp3) is 0.174. The fourth-order valence-corrected chi connectivity index (χ4v) is 5.48. The molecule has 0 saturated carbocycles. The predicted molar refractivity (Wildman–Crippen MR) is 125 cm³/mol. The van der Waals surface area contributed by atoms with E-state index in [-0.39, 0.29) is 16.4 Å². The third-order valence-electron chi connectivity index (χ3n) is 5.30. The van der Waals surface area contributed by atoms with Gasteiger partial charge in [-0.1, -0.05) is 30.8 Å². The maximum atomic E-state index is 13.3. The summed E-state index contributed by atoms with van der Waals surface area (Å²) in [6, 6.07) is 16.1. The van der Waals surface area contributed by atoms with Crippen molar-refractivity contribution in [2.24, 2.45) is 14.1 Å². The second kappa shape index (κ2) is 8.48. The van der Waals surface area contributed by atoms with Gasteiger partial charge in [0.25, 0.3) is 10.0 Å². The number of rotatable bonds is 6. The Morgan fingerprint density at radius 3 is 2.12 bits per heavy atom. The van der Waals surface area contributed by atoms with E-state index in [1.165, 1.54) is 33.0 Å². The molecule has 0 spiro atoms. The van der Waals surface area contributed by atoms with E-state index >= 15 is 0 Å². The molecule has 0 aliphatic heterocycles. The van der Waals surface area contributed by atoms with E-state index in [4.69, 9.17) is 0 Å². The van der Waals surface area contributed by atoms with Crippen molar-refractivity contribution in [1.82, 2.24) is 9.13 Å². The zero-order valence-corrected chi connectivity index (χ0v) is 19.4. The number of hydrogen-bond donors (Lipinski definition) is 1. The van der Waals surface area contributed by atoms with Crippen molar-refractivity contribution in [2.45, 2.75) is 28.0 Å². The Bertz CT molecular complexity index is 1460. The first-order valence-electron chi connectivity index (χ1n) is 9.94. The van der Waals surface area contributed by atoms with Crippen molar-refractivity contribution in [2.75, 3.05) is 4.72 Å². The smallest absolute Gasteiger partial charge is 0.295 e. The lowest BCUT2D eigenvalue weighted by Gasteiger charge is -2.14. The van der Waals surface area contributed by atoms with E-state index in [0.29, 0.717) is 21.6 Å². The average molecular weight is 472 g/mol. The van der Waals surface area contributed by atoms with Crippen molar-refractivity contribution in [3.8, 4) is 0 Å². The summed E-state index contributed by atoms with van der Waals surface area (Å²) in [5, 5.41) is 0. The van der Waals surface area contributed by atoms with Crippen LogP contribution in [0.25, 0.3) is 11.0 Å². The molecular formula is C23H22FN3O3S2. The standard InChI is InChI=1S/C23H22FN3O3S2/c1-4-15-5-11-18(12-6-15)32(29,30)25-19-13-20-21(27(3)23(28)26(20)2)14-22(19)31-17-9-7-16(24)8-10-17/h5-14,25H,4H2,1-3H3. The zero-order valence-electron chi connectivity index (χ0n) is 17.8. The van der Waals surface area contributed by atoms with Gasteiger partial charge in [-0.2, -0.15) is 0 Å². The molecule has 1 aromatic heterocycles. The Kier molecular flexibility index (Phi) is 5.87. The van der Waals surface area contributed by atoms with Gasteiger partial charge in [0.05, 0.1) is 21.6 Å². The lowest BCUT2D eigenvalue weighted by atomic mass is 10.2. The van der Waals surface area contributed by atoms with Crippen LogP contribution in [-0.2, 0) is 30.5 Å². The van der Waals surface area contributed by atoms with Gasteiger partial charge in [0, 0.05) is 23.9 Å². The number of aromatic nitrogens is 2. The van der Waals surface area contributed by atoms with Crippen LogP contribution < -0.4 is 10.4 Å². The van der Waals surface area contributed by atoms with Crippen LogP contribution in [0.15, 0.2) is 80.1 Å². The van der Waals surface area contributed by atoms with Gasteiger partial charge in [0.1, 0.15) is 5.82 Å². The zero-order chi connectivity index (χ0) is 23.0. The van der Waals surface area contributed by atoms with Gasteiger partial charge in [0.2, 0.25) is 0 Å². The summed E-state index contributed by atoms with van der Waals surface area (Å²) in [6.45, 7) is 2.00. The van der Waals surface area contributed by atoms with E-state index in [2.05, 4.69) is 4.72 Å². The van der Waals surface area contributed by atoms with Crippen molar-refractivity contribution in [1.29, 1.82) is 0 Å². The highest BCUT2D eigenvalue weighted by Crippen LogP contribution is 2.37. The number of halogens is 1. The fourth-order valence-electron chi connectivity index (χ4n) is 3.43. The molecule has 0 aliphatic carbocycles. The van der Waals surface area contributed by atoms with E-state index in [9.17, 15) is 17.6 Å². The Balaban J connectivity index is 1.82. The van der Waals surface area contributed by atoms with Crippen LogP contribution in [0.3, 0.4) is 0 Å². The molecule has 0 fully saturated rings. The average Bonchev–Trinajstić information content (AvgIpc) is 2.99. The first-order valence-corrected chi connectivity index (χ1v) is 12.2. The normalized spacial score (nSPS) is 11.8. The van der Waals surface area contributed by atoms with Crippen LogP contribution in [0.2, 0.25) is 0 Å². The second-order valence-corrected chi connectivity index (χ2v) is 10.2. The Labute approximate surface area is 189 Å². The molecule has 0 amide bonds. The molecule has 0 atom stereocenters. The highest BCUT2D eigenvalue weighted by atomic mass is 32.2. The minimum Gasteiger partial charge on any atom is -0.295 e. The molecule has 166 valence electrons. The first-order chi connectivity index (χ1) is 15.2. The molecule has 0 radical (unpaired) electrons. The maximum Gasteiger partial charge on any atom is 0.328 e. The quantitative estimate of drug-likeness (QED) is 0.448. The molecule has 0 aliphatic rings. The molecule has 6 nitrogen and oxygen atoms in total. The molecule has 1 heterocycles. The van der Waals surface area contributed by atoms with E-state index in [1.807, 2.05) is 6.92 Å². The minimum absolute atomic E-state index is 0.148. The van der Waals surface area contributed by atoms with Gasteiger partial charge in [-0.15, -0.1) is 0 Å². The van der Waals surface area contributed by atoms with Gasteiger partial charge in [0.15, 0.2) is 0 Å². The van der Waals surface area contributed by atoms with Gasteiger partial charge in [-0.05, 0) is 60.5 Å². The molecule has 0 bridgehead atoms. The molecule has 1 N–H and O–H groups in total. The van der Waals surface area contributed by atoms with E-state index < -0.39 is 10.0 Å². The maximum absolute atomic E-state index is 13.3. The minimum atomic E-state index is -3.86. The predicted octanol–water partition coefficient (Wildman–Crippen LogP) is 4.53. The van der Waals surface area contributed by atoms with Crippen molar-refractivity contribution < 1.29 is 12.8 Å². The van der Waals surface area contributed by atoms with Crippen molar-refractivity contribution >= 4 is 38.5 Å². The topological polar surface area (TPSA) is 73.1 Å². The van der Waals surface area contributed by atoms with Crippen molar-refractivity contribution in [3.05, 3.63) is 82.5 Å². The number of nitrogens with one attached hydrogen (secondary N) is 1. The monoisotopic (exact) mass is 471 g/mol. The highest BCUT2D eigenvalue weighted by molar-refractivity contribution is 7.99. The molecule has 32 heavy (non-hydrogen) atoms. The highest BCUT2D eigenvalue weighted by Gasteiger charge is 2.19. The largest absolute Gasteiger partial charge is 0.328 e. The van der Waals surface area contributed by atoms with Crippen LogP contribution in [0.5, 0.6) is 0 Å². The summed E-state index contributed by atoms with van der Waals surface area (Å²) in [5.74, 6) is -0.355. The Morgan fingerprint density at radius 1 is 0.938 bits per heavy atom. The van der Waals surface area contributed by atoms with Crippen molar-refractivity contribution in [3.63, 3.8) is 0 Å². The summed E-state index contributed by atoms with van der Waals surface area (Å²) in [7, 11) is -0.561. The number of fused-ring (bicyclic) bond motifs is 1. The summed E-state index contributed by atoms with van der Waals surface area (Å²) >= 11 is 1.29. The van der Waals surface area contributed by atoms with Gasteiger partial charge in [-0.3, -0.25) is 13.9 Å². The van der Waals surface area contributed by atoms with Crippen LogP contribution in [0.4, 0.5) is 10.1 Å². The summed E-state index contributed by atoms with van der Waals surface area (Å²) in [5.41, 5.74) is 2.43. The second-order valence-electron chi connectivity index (χ2n) is 7.40. The van der Waals surface area contributed by atoms with E-state index in [1.54, 1.807) is 62.6 Å². The molecular weight excluding hydrogens is 449 g/mol. The molecule has 3 aromatic carbocycles. The summed E-state index contributed by atoms with van der Waals surface area (Å²) in [6.07, 6.45) is 0.810. The van der Waals surface area contributed by atoms with Crippen LogP contribution in [-0.4, -0.2) is 17.6 Å². The summed E-state index contributed by atoms with van der Waals surface area (Å²) in [4.78, 5) is 13.9. The number of nitrogens with zero attached hydrogens (tertiary/aromatic N) is 2. The number of benzene rings is 3. The molecule has 4 aromatic rings. The lowest BCUT2D eigenvalue weighted by Crippen LogP contribution is -2.19. The molecule has 9 heteroatoms. The van der Waals surface area contributed by atoms with Gasteiger partial charge < -0.3 is 0 Å². The lowest BCUT2D eigenvalue weighted by molar-refractivity contribution is 0.601. The first kappa shape index (κ1) is 22.2. The van der Waals surface area contributed by atoms with Gasteiger partial charge >= 0.3 is 5.69 Å². The number of aryl methyl sites for hydroxylation is 3. The molecule has 0 saturated heterocycles. The van der Waals surface area contributed by atoms with Gasteiger partial charge in [-0.25, -0.2) is 17.6 Å². The number of anilines is 1. The number of hydrogen-bond acceptors (Lipinski definition) is 4. The van der Waals surface area contributed by atoms with E-state index in [0.717, 1.165) is 16.9 Å². The third-order valence-corrected chi connectivity index (χ3v) is 7.75. The SMILES string of the molecule is CCc1ccc(S(=O)(=O)Nc2cc3c(cc2Sc2ccc(F)cc2)n(C)c(=O)n3C)cc1. The molecule has 0 unspecified atom stereocenters. The number of imidazole rings is 1. The van der Waals surface area contributed by atoms with Crippen LogP contribution >= 0.6 is 11.8 Å².